The lowest BCUT2D eigenvalue weighted by atomic mass is 9.59. The van der Waals surface area contributed by atoms with Gasteiger partial charge in [0.05, 0.1) is 18.3 Å². The summed E-state index contributed by atoms with van der Waals surface area (Å²) in [6.45, 7) is 6.02. The zero-order chi connectivity index (χ0) is 22.2. The molecule has 0 N–H and O–H groups in total. The van der Waals surface area contributed by atoms with E-state index < -0.39 is 26.6 Å². The number of halogens is 3. The molecule has 168 valence electrons. The summed E-state index contributed by atoms with van der Waals surface area (Å²) in [6.07, 6.45) is 5.68. The third kappa shape index (κ3) is 3.48. The number of hydrogen-bond donors (Lipinski definition) is 0. The minimum Gasteiger partial charge on any atom is -0.469 e. The largest absolute Gasteiger partial charge is 0.534 e. The summed E-state index contributed by atoms with van der Waals surface area (Å²) in [5, 5.41) is 0. The molecule has 3 atom stereocenters. The van der Waals surface area contributed by atoms with E-state index in [2.05, 4.69) is 6.58 Å². The van der Waals surface area contributed by atoms with Gasteiger partial charge in [0.1, 0.15) is 17.1 Å². The van der Waals surface area contributed by atoms with Crippen molar-refractivity contribution in [3.8, 4) is 0 Å². The van der Waals surface area contributed by atoms with Crippen molar-refractivity contribution in [2.75, 3.05) is 20.3 Å². The zero-order valence-corrected chi connectivity index (χ0v) is 17.6. The number of hydrogen-bond acceptors (Lipinski definition) is 6. The van der Waals surface area contributed by atoms with E-state index in [-0.39, 0.29) is 24.7 Å². The zero-order valence-electron chi connectivity index (χ0n) is 16.8. The van der Waals surface area contributed by atoms with Crippen molar-refractivity contribution in [3.63, 3.8) is 0 Å². The van der Waals surface area contributed by atoms with Gasteiger partial charge < -0.3 is 18.1 Å². The molecule has 0 amide bonds. The van der Waals surface area contributed by atoms with E-state index in [9.17, 15) is 21.6 Å². The fraction of sp³-hybridized carbons (Fsp3) is 0.600. The Morgan fingerprint density at radius 2 is 2.13 bits per heavy atom. The van der Waals surface area contributed by atoms with Crippen molar-refractivity contribution in [1.82, 2.24) is 0 Å². The minimum atomic E-state index is -5.83. The molecule has 10 heteroatoms. The molecule has 30 heavy (non-hydrogen) atoms. The normalized spacial score (nSPS) is 28.6. The first kappa shape index (κ1) is 22.9. The fourth-order valence-electron chi connectivity index (χ4n) is 4.81. The van der Waals surface area contributed by atoms with Crippen LogP contribution in [0.2, 0.25) is 0 Å². The number of methoxy groups -OCH3 is 1. The van der Waals surface area contributed by atoms with Crippen molar-refractivity contribution < 1.29 is 39.7 Å². The van der Waals surface area contributed by atoms with Gasteiger partial charge in [-0.2, -0.15) is 21.6 Å². The molecule has 3 rings (SSSR count). The van der Waals surface area contributed by atoms with Gasteiger partial charge in [0.15, 0.2) is 0 Å². The van der Waals surface area contributed by atoms with Crippen molar-refractivity contribution in [2.45, 2.75) is 49.6 Å². The Kier molecular flexibility index (Phi) is 6.14. The molecule has 0 unspecified atom stereocenters. The van der Waals surface area contributed by atoms with Gasteiger partial charge in [0, 0.05) is 31.6 Å². The standard InChI is InChI=1S/C20H25F3O6S/c1-4-10-28-19-9-6-16(29-30(24,25)20(21,22)23)18(19,8-5-11-26-3)13-14(2)17-15(19)7-12-27-17/h4,6-7,12,14H,1,5,8-11,13H2,2-3H3/t14-,18-,19+/m1/s1. The van der Waals surface area contributed by atoms with Gasteiger partial charge in [0.25, 0.3) is 0 Å². The Bertz CT molecular complexity index is 919. The fourth-order valence-corrected chi connectivity index (χ4v) is 5.37. The van der Waals surface area contributed by atoms with Crippen LogP contribution in [-0.4, -0.2) is 34.2 Å². The SMILES string of the molecule is C=CCO[C@]12CC=C(OS(=O)(=O)C(F)(F)F)[C@@]1(CCCOC)C[C@@H](C)c1occc12. The lowest BCUT2D eigenvalue weighted by Gasteiger charge is -2.51. The van der Waals surface area contributed by atoms with E-state index in [1.165, 1.54) is 25.5 Å². The molecular formula is C20H25F3O6S. The van der Waals surface area contributed by atoms with E-state index in [0.717, 1.165) is 0 Å². The number of alkyl halides is 3. The molecule has 0 saturated heterocycles. The molecule has 1 aromatic rings. The Balaban J connectivity index is 2.14. The van der Waals surface area contributed by atoms with E-state index in [0.29, 0.717) is 37.2 Å². The molecule has 0 radical (unpaired) electrons. The second-order valence-electron chi connectivity index (χ2n) is 7.66. The highest BCUT2D eigenvalue weighted by Crippen LogP contribution is 2.66. The minimum absolute atomic E-state index is 0.123. The van der Waals surface area contributed by atoms with Crippen LogP contribution >= 0.6 is 0 Å². The third-order valence-corrected chi connectivity index (χ3v) is 6.90. The maximum atomic E-state index is 13.1. The molecule has 2 aliphatic rings. The van der Waals surface area contributed by atoms with E-state index in [1.807, 2.05) is 6.92 Å². The van der Waals surface area contributed by atoms with Gasteiger partial charge in [-0.05, 0) is 31.4 Å². The van der Waals surface area contributed by atoms with Gasteiger partial charge in [-0.25, -0.2) is 0 Å². The van der Waals surface area contributed by atoms with Crippen molar-refractivity contribution in [2.24, 2.45) is 5.41 Å². The Morgan fingerprint density at radius 1 is 1.40 bits per heavy atom. The van der Waals surface area contributed by atoms with Crippen LogP contribution in [0, 0.1) is 5.41 Å². The number of ether oxygens (including phenoxy) is 2. The maximum Gasteiger partial charge on any atom is 0.534 e. The second-order valence-corrected chi connectivity index (χ2v) is 9.20. The summed E-state index contributed by atoms with van der Waals surface area (Å²) >= 11 is 0. The highest BCUT2D eigenvalue weighted by Gasteiger charge is 2.65. The van der Waals surface area contributed by atoms with Crippen LogP contribution in [0.25, 0.3) is 0 Å². The van der Waals surface area contributed by atoms with Crippen LogP contribution in [0.3, 0.4) is 0 Å². The van der Waals surface area contributed by atoms with Crippen LogP contribution in [0.5, 0.6) is 0 Å². The highest BCUT2D eigenvalue weighted by atomic mass is 32.2. The van der Waals surface area contributed by atoms with E-state index >= 15 is 0 Å². The van der Waals surface area contributed by atoms with Gasteiger partial charge in [-0.1, -0.05) is 13.0 Å². The number of rotatable bonds is 9. The smallest absolute Gasteiger partial charge is 0.469 e. The summed E-state index contributed by atoms with van der Waals surface area (Å²) in [6, 6.07) is 1.73. The highest BCUT2D eigenvalue weighted by molar-refractivity contribution is 7.87. The molecule has 2 aliphatic carbocycles. The van der Waals surface area contributed by atoms with Crippen molar-refractivity contribution in [3.05, 3.63) is 48.1 Å². The van der Waals surface area contributed by atoms with Crippen molar-refractivity contribution in [1.29, 1.82) is 0 Å². The Labute approximate surface area is 173 Å². The van der Waals surface area contributed by atoms with Gasteiger partial charge in [0.2, 0.25) is 0 Å². The van der Waals surface area contributed by atoms with Crippen LogP contribution < -0.4 is 0 Å². The van der Waals surface area contributed by atoms with Crippen LogP contribution in [0.15, 0.2) is 41.2 Å². The van der Waals surface area contributed by atoms with Crippen LogP contribution in [-0.2, 0) is 29.4 Å². The van der Waals surface area contributed by atoms with E-state index in [1.54, 1.807) is 6.07 Å². The summed E-state index contributed by atoms with van der Waals surface area (Å²) < 4.78 is 84.7. The summed E-state index contributed by atoms with van der Waals surface area (Å²) in [4.78, 5) is 0. The van der Waals surface area contributed by atoms with Crippen molar-refractivity contribution >= 4 is 10.1 Å². The summed E-state index contributed by atoms with van der Waals surface area (Å²) in [7, 11) is -4.31. The van der Waals surface area contributed by atoms with Gasteiger partial charge in [-0.3, -0.25) is 0 Å². The molecule has 0 bridgehead atoms. The lowest BCUT2D eigenvalue weighted by Crippen LogP contribution is -2.50. The summed E-state index contributed by atoms with van der Waals surface area (Å²) in [5.41, 5.74) is -7.10. The first-order valence-electron chi connectivity index (χ1n) is 9.58. The molecule has 0 aromatic carbocycles. The molecule has 0 aliphatic heterocycles. The van der Waals surface area contributed by atoms with Gasteiger partial charge in [-0.15, -0.1) is 6.58 Å². The maximum absolute atomic E-state index is 13.1. The predicted molar refractivity (Wildman–Crippen MR) is 102 cm³/mol. The molecule has 0 fully saturated rings. The molecule has 1 aromatic heterocycles. The summed E-state index contributed by atoms with van der Waals surface area (Å²) in [5.74, 6) is 0.255. The third-order valence-electron chi connectivity index (χ3n) is 5.93. The molecule has 1 heterocycles. The number of furan rings is 1. The van der Waals surface area contributed by atoms with E-state index in [4.69, 9.17) is 18.1 Å². The lowest BCUT2D eigenvalue weighted by molar-refractivity contribution is -0.137. The average molecular weight is 450 g/mol. The quantitative estimate of drug-likeness (QED) is 0.234. The first-order valence-corrected chi connectivity index (χ1v) is 11.0. The Hall–Kier alpha value is -1.78. The molecule has 0 saturated carbocycles. The van der Waals surface area contributed by atoms with Crippen LogP contribution in [0.1, 0.15) is 49.8 Å². The molecule has 0 spiro atoms. The molecule has 6 nitrogen and oxygen atoms in total. The predicted octanol–water partition coefficient (Wildman–Crippen LogP) is 4.75. The monoisotopic (exact) mass is 450 g/mol. The average Bonchev–Trinajstić information content (AvgIpc) is 3.25. The van der Waals surface area contributed by atoms with Crippen LogP contribution in [0.4, 0.5) is 13.2 Å². The Morgan fingerprint density at radius 3 is 2.77 bits per heavy atom. The van der Waals surface area contributed by atoms with Gasteiger partial charge >= 0.3 is 15.6 Å². The topological polar surface area (TPSA) is 75.0 Å². The number of fused-ring (bicyclic) bond motifs is 3. The molecular weight excluding hydrogens is 425 g/mol. The second kappa shape index (κ2) is 8.05. The first-order chi connectivity index (χ1) is 14.0.